The number of aliphatic hydroxyl groups is 1. The summed E-state index contributed by atoms with van der Waals surface area (Å²) in [6.45, 7) is 0.0760. The predicted molar refractivity (Wildman–Crippen MR) is 101 cm³/mol. The molecule has 0 bridgehead atoms. The predicted octanol–water partition coefficient (Wildman–Crippen LogP) is 4.58. The number of aliphatic hydroxyl groups excluding tert-OH is 1. The highest BCUT2D eigenvalue weighted by Gasteiger charge is 2.33. The first-order chi connectivity index (χ1) is 14.7. The molecule has 3 aromatic rings. The third kappa shape index (κ3) is 4.22. The Morgan fingerprint density at radius 1 is 1.26 bits per heavy atom. The topological polar surface area (TPSA) is 80.0 Å². The summed E-state index contributed by atoms with van der Waals surface area (Å²) in [6, 6.07) is 5.31. The van der Waals surface area contributed by atoms with Crippen LogP contribution in [0.4, 0.5) is 27.6 Å². The zero-order valence-corrected chi connectivity index (χ0v) is 15.9. The van der Waals surface area contributed by atoms with Crippen molar-refractivity contribution in [2.24, 2.45) is 5.92 Å². The summed E-state index contributed by atoms with van der Waals surface area (Å²) in [6.07, 6.45) is -4.59. The number of carbonyl (C=O) groups is 1. The molecule has 1 aliphatic carbocycles. The molecule has 4 rings (SSSR count). The molecule has 0 unspecified atom stereocenters. The minimum absolute atomic E-state index is 0.0481. The summed E-state index contributed by atoms with van der Waals surface area (Å²) in [7, 11) is 0. The first-order valence-corrected chi connectivity index (χ1v) is 9.43. The van der Waals surface area contributed by atoms with Gasteiger partial charge in [-0.3, -0.25) is 9.48 Å². The van der Waals surface area contributed by atoms with Gasteiger partial charge in [-0.25, -0.2) is 13.8 Å². The van der Waals surface area contributed by atoms with Crippen molar-refractivity contribution in [1.29, 1.82) is 0 Å². The molecular weight excluding hydrogens is 423 g/mol. The lowest BCUT2D eigenvalue weighted by atomic mass is 9.81. The second-order valence-corrected chi connectivity index (χ2v) is 7.44. The number of amides is 1. The number of rotatable bonds is 5. The van der Waals surface area contributed by atoms with E-state index in [0.29, 0.717) is 17.0 Å². The molecule has 1 aromatic carbocycles. The maximum Gasteiger partial charge on any atom is 0.433 e. The SMILES string of the molecule is O=C(Nc1cc2cn(C3CC(CO)C3)nc2cc1C(F)F)c1cccc(C(F)(F)F)n1. The van der Waals surface area contributed by atoms with Gasteiger partial charge in [-0.2, -0.15) is 18.3 Å². The summed E-state index contributed by atoms with van der Waals surface area (Å²) in [5.41, 5.74) is -2.23. The lowest BCUT2D eigenvalue weighted by Crippen LogP contribution is -2.29. The molecule has 6 nitrogen and oxygen atoms in total. The lowest BCUT2D eigenvalue weighted by Gasteiger charge is -2.33. The van der Waals surface area contributed by atoms with Gasteiger partial charge in [0.15, 0.2) is 0 Å². The molecule has 1 amide bonds. The van der Waals surface area contributed by atoms with Gasteiger partial charge in [-0.1, -0.05) is 6.07 Å². The van der Waals surface area contributed by atoms with E-state index in [1.54, 1.807) is 10.9 Å². The largest absolute Gasteiger partial charge is 0.433 e. The quantitative estimate of drug-likeness (QED) is 0.569. The smallest absolute Gasteiger partial charge is 0.396 e. The highest BCUT2D eigenvalue weighted by Crippen LogP contribution is 2.38. The fourth-order valence-corrected chi connectivity index (χ4v) is 3.55. The van der Waals surface area contributed by atoms with Crippen LogP contribution in [0.1, 0.15) is 47.1 Å². The van der Waals surface area contributed by atoms with Gasteiger partial charge in [0.2, 0.25) is 0 Å². The number of hydrogen-bond acceptors (Lipinski definition) is 4. The number of nitrogens with zero attached hydrogens (tertiary/aromatic N) is 3. The molecule has 0 atom stereocenters. The van der Waals surface area contributed by atoms with E-state index in [4.69, 9.17) is 5.11 Å². The van der Waals surface area contributed by atoms with Crippen LogP contribution in [0.15, 0.2) is 36.5 Å². The number of pyridine rings is 1. The van der Waals surface area contributed by atoms with Crippen LogP contribution in [0, 0.1) is 5.92 Å². The number of nitrogens with one attached hydrogen (secondary N) is 1. The van der Waals surface area contributed by atoms with Gasteiger partial charge in [-0.15, -0.1) is 0 Å². The maximum absolute atomic E-state index is 13.6. The average molecular weight is 440 g/mol. The van der Waals surface area contributed by atoms with Crippen LogP contribution in [0.2, 0.25) is 0 Å². The zero-order chi connectivity index (χ0) is 22.3. The van der Waals surface area contributed by atoms with Gasteiger partial charge < -0.3 is 10.4 Å². The third-order valence-corrected chi connectivity index (χ3v) is 5.29. The number of benzene rings is 1. The van der Waals surface area contributed by atoms with Crippen LogP contribution in [-0.2, 0) is 6.18 Å². The van der Waals surface area contributed by atoms with Crippen molar-refractivity contribution in [3.63, 3.8) is 0 Å². The van der Waals surface area contributed by atoms with Gasteiger partial charge in [0, 0.05) is 23.8 Å². The Morgan fingerprint density at radius 3 is 2.65 bits per heavy atom. The van der Waals surface area contributed by atoms with Crippen molar-refractivity contribution in [3.8, 4) is 0 Å². The van der Waals surface area contributed by atoms with E-state index in [1.165, 1.54) is 6.07 Å². The first kappa shape index (κ1) is 21.2. The van der Waals surface area contributed by atoms with E-state index in [1.807, 2.05) is 0 Å². The Balaban J connectivity index is 1.63. The van der Waals surface area contributed by atoms with Crippen molar-refractivity contribution in [1.82, 2.24) is 14.8 Å². The number of fused-ring (bicyclic) bond motifs is 1. The minimum Gasteiger partial charge on any atom is -0.396 e. The van der Waals surface area contributed by atoms with Crippen molar-refractivity contribution in [3.05, 3.63) is 53.5 Å². The molecule has 31 heavy (non-hydrogen) atoms. The summed E-state index contributed by atoms with van der Waals surface area (Å²) < 4.78 is 67.3. The van der Waals surface area contributed by atoms with E-state index in [2.05, 4.69) is 15.4 Å². The van der Waals surface area contributed by atoms with E-state index in [9.17, 15) is 26.7 Å². The Hall–Kier alpha value is -3.08. The second-order valence-electron chi connectivity index (χ2n) is 7.44. The maximum atomic E-state index is 13.6. The van der Waals surface area contributed by atoms with Gasteiger partial charge in [-0.05, 0) is 43.0 Å². The Labute approximate surface area is 172 Å². The van der Waals surface area contributed by atoms with Crippen LogP contribution >= 0.6 is 0 Å². The number of aromatic nitrogens is 3. The molecule has 0 radical (unpaired) electrons. The normalized spacial score (nSPS) is 18.9. The van der Waals surface area contributed by atoms with Gasteiger partial charge >= 0.3 is 6.18 Å². The molecule has 0 spiro atoms. The van der Waals surface area contributed by atoms with Crippen LogP contribution in [-0.4, -0.2) is 32.4 Å². The summed E-state index contributed by atoms with van der Waals surface area (Å²) in [5, 5.41) is 16.2. The van der Waals surface area contributed by atoms with E-state index < -0.39 is 35.5 Å². The van der Waals surface area contributed by atoms with Crippen LogP contribution in [0.3, 0.4) is 0 Å². The number of carbonyl (C=O) groups excluding carboxylic acids is 1. The molecule has 1 saturated carbocycles. The molecule has 2 N–H and O–H groups in total. The molecule has 0 saturated heterocycles. The average Bonchev–Trinajstić information content (AvgIpc) is 3.08. The number of hydrogen-bond donors (Lipinski definition) is 2. The van der Waals surface area contributed by atoms with Crippen molar-refractivity contribution >= 4 is 22.5 Å². The van der Waals surface area contributed by atoms with Gasteiger partial charge in [0.05, 0.1) is 17.2 Å². The Morgan fingerprint density at radius 2 is 2.00 bits per heavy atom. The molecule has 164 valence electrons. The third-order valence-electron chi connectivity index (χ3n) is 5.29. The van der Waals surface area contributed by atoms with Gasteiger partial charge in [0.25, 0.3) is 12.3 Å². The first-order valence-electron chi connectivity index (χ1n) is 9.43. The van der Waals surface area contributed by atoms with E-state index >= 15 is 0 Å². The molecule has 2 aromatic heterocycles. The minimum atomic E-state index is -4.74. The van der Waals surface area contributed by atoms with Crippen molar-refractivity contribution in [2.75, 3.05) is 11.9 Å². The molecule has 0 aliphatic heterocycles. The highest BCUT2D eigenvalue weighted by molar-refractivity contribution is 6.04. The summed E-state index contributed by atoms with van der Waals surface area (Å²) >= 11 is 0. The molecule has 2 heterocycles. The van der Waals surface area contributed by atoms with Crippen molar-refractivity contribution in [2.45, 2.75) is 31.5 Å². The monoisotopic (exact) mass is 440 g/mol. The molecular formula is C20H17F5N4O2. The molecule has 11 heteroatoms. The van der Waals surface area contributed by atoms with Gasteiger partial charge in [0.1, 0.15) is 11.4 Å². The van der Waals surface area contributed by atoms with Crippen LogP contribution in [0.5, 0.6) is 0 Å². The lowest BCUT2D eigenvalue weighted by molar-refractivity contribution is -0.141. The van der Waals surface area contributed by atoms with Crippen LogP contribution < -0.4 is 5.32 Å². The van der Waals surface area contributed by atoms with Crippen molar-refractivity contribution < 1.29 is 31.9 Å². The zero-order valence-electron chi connectivity index (χ0n) is 15.9. The van der Waals surface area contributed by atoms with E-state index in [-0.39, 0.29) is 24.3 Å². The second kappa shape index (κ2) is 7.88. The van der Waals surface area contributed by atoms with Crippen LogP contribution in [0.25, 0.3) is 10.9 Å². The number of anilines is 1. The fourth-order valence-electron chi connectivity index (χ4n) is 3.55. The summed E-state index contributed by atoms with van der Waals surface area (Å²) in [4.78, 5) is 15.7. The molecule has 1 aliphatic rings. The molecule has 1 fully saturated rings. The fraction of sp³-hybridized carbons (Fsp3) is 0.350. The highest BCUT2D eigenvalue weighted by atomic mass is 19.4. The Kier molecular flexibility index (Phi) is 5.38. The summed E-state index contributed by atoms with van der Waals surface area (Å²) in [5.74, 6) is -0.853. The Bertz CT molecular complexity index is 1120. The number of alkyl halides is 5. The number of halogens is 5. The van der Waals surface area contributed by atoms with E-state index in [0.717, 1.165) is 31.0 Å². The standard InChI is InChI=1S/C20H17F5N4O2/c21-18(22)13-7-15-11(8-29(28-15)12-4-10(5-12)9-30)6-16(13)27-19(31)14-2-1-3-17(26-14)20(23,24)25/h1-3,6-8,10,12,18,30H,4-5,9H2,(H,27,31).